The van der Waals surface area contributed by atoms with Crippen LogP contribution in [0.3, 0.4) is 0 Å². The molecule has 0 aromatic rings. The van der Waals surface area contributed by atoms with Crippen LogP contribution in [0.4, 0.5) is 0 Å². The maximum Gasteiger partial charge on any atom is 0.305 e. The molecule has 14 heavy (non-hydrogen) atoms. The van der Waals surface area contributed by atoms with Crippen molar-refractivity contribution in [2.45, 2.75) is 39.0 Å². The quantitative estimate of drug-likeness (QED) is 0.498. The summed E-state index contributed by atoms with van der Waals surface area (Å²) in [6.45, 7) is 2.53. The molecule has 0 aromatic heterocycles. The lowest BCUT2D eigenvalue weighted by molar-refractivity contribution is -0.140. The second-order valence-electron chi connectivity index (χ2n) is 3.09. The minimum absolute atomic E-state index is 0.0815. The van der Waals surface area contributed by atoms with Crippen LogP contribution in [-0.2, 0) is 14.3 Å². The van der Waals surface area contributed by atoms with Crippen molar-refractivity contribution in [1.29, 1.82) is 0 Å². The second-order valence-corrected chi connectivity index (χ2v) is 3.09. The highest BCUT2D eigenvalue weighted by Gasteiger charge is 1.99. The van der Waals surface area contributed by atoms with E-state index in [1.807, 2.05) is 6.92 Å². The SMILES string of the molecule is CCC(=O)NCCCCCC(=O)OC. The number of nitrogens with one attached hydrogen (secondary N) is 1. The lowest BCUT2D eigenvalue weighted by atomic mass is 10.2. The molecule has 0 aliphatic heterocycles. The number of unbranched alkanes of at least 4 members (excludes halogenated alkanes) is 2. The van der Waals surface area contributed by atoms with Gasteiger partial charge in [-0.2, -0.15) is 0 Å². The predicted octanol–water partition coefficient (Wildman–Crippen LogP) is 1.25. The first-order chi connectivity index (χ1) is 6.70. The number of carbonyl (C=O) groups excluding carboxylic acids is 2. The van der Waals surface area contributed by atoms with Gasteiger partial charge in [-0.1, -0.05) is 13.3 Å². The summed E-state index contributed by atoms with van der Waals surface area (Å²) in [5, 5.41) is 2.78. The van der Waals surface area contributed by atoms with Crippen molar-refractivity contribution in [3.05, 3.63) is 0 Å². The third-order valence-corrected chi connectivity index (χ3v) is 1.93. The van der Waals surface area contributed by atoms with Gasteiger partial charge in [-0.25, -0.2) is 0 Å². The molecule has 0 atom stereocenters. The number of amides is 1. The summed E-state index contributed by atoms with van der Waals surface area (Å²) in [7, 11) is 1.39. The van der Waals surface area contributed by atoms with Gasteiger partial charge in [-0.3, -0.25) is 9.59 Å². The summed E-state index contributed by atoms with van der Waals surface area (Å²) < 4.78 is 4.50. The largest absolute Gasteiger partial charge is 0.469 e. The first-order valence-corrected chi connectivity index (χ1v) is 5.04. The van der Waals surface area contributed by atoms with Crippen molar-refractivity contribution in [3.8, 4) is 0 Å². The van der Waals surface area contributed by atoms with Gasteiger partial charge in [-0.15, -0.1) is 0 Å². The lowest BCUT2D eigenvalue weighted by Crippen LogP contribution is -2.23. The molecule has 0 saturated heterocycles. The van der Waals surface area contributed by atoms with Crippen LogP contribution in [0.5, 0.6) is 0 Å². The molecule has 0 aliphatic rings. The number of methoxy groups -OCH3 is 1. The third-order valence-electron chi connectivity index (χ3n) is 1.93. The summed E-state index contributed by atoms with van der Waals surface area (Å²) in [4.78, 5) is 21.5. The topological polar surface area (TPSA) is 55.4 Å². The lowest BCUT2D eigenvalue weighted by Gasteiger charge is -2.02. The fourth-order valence-electron chi connectivity index (χ4n) is 1.03. The number of hydrogen-bond donors (Lipinski definition) is 1. The van der Waals surface area contributed by atoms with Crippen LogP contribution in [0.2, 0.25) is 0 Å². The van der Waals surface area contributed by atoms with Crippen molar-refractivity contribution in [1.82, 2.24) is 5.32 Å². The van der Waals surface area contributed by atoms with Crippen LogP contribution in [0.25, 0.3) is 0 Å². The van der Waals surface area contributed by atoms with Crippen LogP contribution in [0, 0.1) is 0 Å². The Kier molecular flexibility index (Phi) is 7.89. The Morgan fingerprint density at radius 1 is 1.21 bits per heavy atom. The highest BCUT2D eigenvalue weighted by atomic mass is 16.5. The van der Waals surface area contributed by atoms with Gasteiger partial charge in [0, 0.05) is 19.4 Å². The summed E-state index contributed by atoms with van der Waals surface area (Å²) in [6.07, 6.45) is 3.69. The average molecular weight is 201 g/mol. The number of esters is 1. The fourth-order valence-corrected chi connectivity index (χ4v) is 1.03. The van der Waals surface area contributed by atoms with Crippen molar-refractivity contribution in [2.24, 2.45) is 0 Å². The Hall–Kier alpha value is -1.06. The Morgan fingerprint density at radius 2 is 1.93 bits per heavy atom. The summed E-state index contributed by atoms with van der Waals surface area (Å²) in [5.41, 5.74) is 0. The molecule has 0 aromatic carbocycles. The van der Waals surface area contributed by atoms with E-state index in [0.29, 0.717) is 19.4 Å². The van der Waals surface area contributed by atoms with Gasteiger partial charge in [0.05, 0.1) is 7.11 Å². The average Bonchev–Trinajstić information content (AvgIpc) is 2.22. The summed E-state index contributed by atoms with van der Waals surface area (Å²) in [6, 6.07) is 0. The molecule has 0 rings (SSSR count). The van der Waals surface area contributed by atoms with E-state index < -0.39 is 0 Å². The molecule has 0 saturated carbocycles. The van der Waals surface area contributed by atoms with Crippen molar-refractivity contribution in [2.75, 3.05) is 13.7 Å². The molecule has 0 fully saturated rings. The molecule has 1 amide bonds. The van der Waals surface area contributed by atoms with Crippen LogP contribution in [0.1, 0.15) is 39.0 Å². The Labute approximate surface area is 85.0 Å². The summed E-state index contributed by atoms with van der Waals surface area (Å²) >= 11 is 0. The normalized spacial score (nSPS) is 9.57. The Balaban J connectivity index is 3.14. The predicted molar refractivity (Wildman–Crippen MR) is 53.8 cm³/mol. The highest BCUT2D eigenvalue weighted by molar-refractivity contribution is 5.75. The molecule has 0 radical (unpaired) electrons. The van der Waals surface area contributed by atoms with Crippen molar-refractivity contribution >= 4 is 11.9 Å². The van der Waals surface area contributed by atoms with Gasteiger partial charge < -0.3 is 10.1 Å². The Morgan fingerprint density at radius 3 is 2.50 bits per heavy atom. The minimum atomic E-state index is -0.164. The first kappa shape index (κ1) is 12.9. The molecule has 0 aliphatic carbocycles. The van der Waals surface area contributed by atoms with Gasteiger partial charge in [0.15, 0.2) is 0 Å². The molecule has 0 heterocycles. The van der Waals surface area contributed by atoms with Crippen LogP contribution < -0.4 is 5.32 Å². The highest BCUT2D eigenvalue weighted by Crippen LogP contribution is 1.99. The van der Waals surface area contributed by atoms with E-state index in [-0.39, 0.29) is 11.9 Å². The molecule has 4 heteroatoms. The second kappa shape index (κ2) is 8.53. The van der Waals surface area contributed by atoms with Gasteiger partial charge in [0.1, 0.15) is 0 Å². The first-order valence-electron chi connectivity index (χ1n) is 5.04. The zero-order valence-corrected chi connectivity index (χ0v) is 8.97. The monoisotopic (exact) mass is 201 g/mol. The van der Waals surface area contributed by atoms with Gasteiger partial charge in [-0.05, 0) is 12.8 Å². The zero-order chi connectivity index (χ0) is 10.8. The van der Waals surface area contributed by atoms with Crippen LogP contribution in [0.15, 0.2) is 0 Å². The molecule has 4 nitrogen and oxygen atoms in total. The fraction of sp³-hybridized carbons (Fsp3) is 0.800. The van der Waals surface area contributed by atoms with E-state index in [1.165, 1.54) is 7.11 Å². The van der Waals surface area contributed by atoms with E-state index in [1.54, 1.807) is 0 Å². The molecular formula is C10H19NO3. The Bertz CT molecular complexity index is 160. The number of hydrogen-bond acceptors (Lipinski definition) is 3. The molecule has 0 unspecified atom stereocenters. The molecular weight excluding hydrogens is 182 g/mol. The van der Waals surface area contributed by atoms with E-state index in [4.69, 9.17) is 0 Å². The zero-order valence-electron chi connectivity index (χ0n) is 8.97. The van der Waals surface area contributed by atoms with Gasteiger partial charge in [0.2, 0.25) is 5.91 Å². The van der Waals surface area contributed by atoms with Crippen LogP contribution >= 0.6 is 0 Å². The van der Waals surface area contributed by atoms with E-state index in [9.17, 15) is 9.59 Å². The molecule has 82 valence electrons. The maximum atomic E-state index is 10.8. The third kappa shape index (κ3) is 7.58. The van der Waals surface area contributed by atoms with Crippen molar-refractivity contribution < 1.29 is 14.3 Å². The number of ether oxygens (including phenoxy) is 1. The number of rotatable bonds is 7. The minimum Gasteiger partial charge on any atom is -0.469 e. The van der Waals surface area contributed by atoms with Gasteiger partial charge >= 0.3 is 5.97 Å². The molecule has 0 spiro atoms. The summed E-state index contributed by atoms with van der Waals surface area (Å²) in [5.74, 6) is -0.0828. The van der Waals surface area contributed by atoms with Crippen LogP contribution in [-0.4, -0.2) is 25.5 Å². The van der Waals surface area contributed by atoms with Gasteiger partial charge in [0.25, 0.3) is 0 Å². The maximum absolute atomic E-state index is 10.8. The number of carbonyl (C=O) groups is 2. The molecule has 1 N–H and O–H groups in total. The smallest absolute Gasteiger partial charge is 0.305 e. The van der Waals surface area contributed by atoms with E-state index in [0.717, 1.165) is 19.3 Å². The van der Waals surface area contributed by atoms with E-state index in [2.05, 4.69) is 10.1 Å². The van der Waals surface area contributed by atoms with Crippen molar-refractivity contribution in [3.63, 3.8) is 0 Å². The standard InChI is InChI=1S/C10H19NO3/c1-3-9(12)11-8-6-4-5-7-10(13)14-2/h3-8H2,1-2H3,(H,11,12). The molecule has 0 bridgehead atoms. The van der Waals surface area contributed by atoms with E-state index >= 15 is 0 Å².